The highest BCUT2D eigenvalue weighted by atomic mass is 19.1. The molecule has 9 nitrogen and oxygen atoms in total. The minimum absolute atomic E-state index is 0.00327. The zero-order valence-corrected chi connectivity index (χ0v) is 26.7. The molecule has 0 unspecified atom stereocenters. The summed E-state index contributed by atoms with van der Waals surface area (Å²) in [5.41, 5.74) is 0.310. The van der Waals surface area contributed by atoms with Gasteiger partial charge in [0.1, 0.15) is 18.3 Å². The Kier molecular flexibility index (Phi) is 11.7. The topological polar surface area (TPSA) is 114 Å². The van der Waals surface area contributed by atoms with Gasteiger partial charge in [0.2, 0.25) is 11.8 Å². The van der Waals surface area contributed by atoms with Crippen LogP contribution in [0.3, 0.4) is 0 Å². The van der Waals surface area contributed by atoms with E-state index in [-0.39, 0.29) is 36.2 Å². The Labute approximate surface area is 261 Å². The first-order valence-electron chi connectivity index (χ1n) is 16.4. The van der Waals surface area contributed by atoms with Gasteiger partial charge in [-0.3, -0.25) is 9.59 Å². The van der Waals surface area contributed by atoms with Gasteiger partial charge in [-0.1, -0.05) is 32.1 Å². The van der Waals surface area contributed by atoms with Crippen LogP contribution < -0.4 is 10.6 Å². The molecule has 1 aromatic carbocycles. The predicted molar refractivity (Wildman–Crippen MR) is 166 cm³/mol. The zero-order chi connectivity index (χ0) is 31.9. The maximum atomic E-state index is 14.0. The number of amides is 3. The van der Waals surface area contributed by atoms with Crippen molar-refractivity contribution in [3.8, 4) is 0 Å². The molecule has 3 aliphatic rings. The van der Waals surface area contributed by atoms with Crippen molar-refractivity contribution in [3.05, 3.63) is 29.8 Å². The SMILES string of the molecule is CCOC(=O)c1ccc(NC(=O)[C@@H]2[C@H](C3CCCCC3)CCN2C(=O)C2CCC([C@@H](CF)NC(=O)OC(C)(C)C)CC2)cc1. The molecular weight excluding hydrogens is 565 g/mol. The van der Waals surface area contributed by atoms with Crippen molar-refractivity contribution < 1.29 is 33.0 Å². The normalized spacial score (nSPS) is 25.2. The molecule has 1 aromatic rings. The summed E-state index contributed by atoms with van der Waals surface area (Å²) < 4.78 is 24.3. The van der Waals surface area contributed by atoms with Crippen LogP contribution in [0.2, 0.25) is 0 Å². The molecule has 10 heteroatoms. The molecule has 4 rings (SSSR count). The van der Waals surface area contributed by atoms with Crippen molar-refractivity contribution in [2.75, 3.05) is 25.1 Å². The quantitative estimate of drug-likeness (QED) is 0.317. The van der Waals surface area contributed by atoms with Gasteiger partial charge in [0.05, 0.1) is 18.2 Å². The zero-order valence-electron chi connectivity index (χ0n) is 26.7. The van der Waals surface area contributed by atoms with Gasteiger partial charge >= 0.3 is 12.1 Å². The van der Waals surface area contributed by atoms with E-state index < -0.39 is 36.4 Å². The highest BCUT2D eigenvalue weighted by molar-refractivity contribution is 5.98. The van der Waals surface area contributed by atoms with Gasteiger partial charge in [-0.25, -0.2) is 14.0 Å². The number of benzene rings is 1. The summed E-state index contributed by atoms with van der Waals surface area (Å²) >= 11 is 0. The second kappa shape index (κ2) is 15.2. The lowest BCUT2D eigenvalue weighted by molar-refractivity contribution is -0.142. The maximum absolute atomic E-state index is 14.0. The number of hydrogen-bond acceptors (Lipinski definition) is 6. The van der Waals surface area contributed by atoms with Crippen LogP contribution in [0.15, 0.2) is 24.3 Å². The van der Waals surface area contributed by atoms with Crippen LogP contribution in [0.25, 0.3) is 0 Å². The van der Waals surface area contributed by atoms with E-state index in [2.05, 4.69) is 10.6 Å². The van der Waals surface area contributed by atoms with Gasteiger partial charge in [-0.15, -0.1) is 0 Å². The van der Waals surface area contributed by atoms with Crippen molar-refractivity contribution in [3.63, 3.8) is 0 Å². The van der Waals surface area contributed by atoms with Gasteiger partial charge in [-0.05, 0) is 102 Å². The van der Waals surface area contributed by atoms with Crippen molar-refractivity contribution in [2.24, 2.45) is 23.7 Å². The van der Waals surface area contributed by atoms with Crippen LogP contribution in [0, 0.1) is 23.7 Å². The number of esters is 1. The molecule has 0 radical (unpaired) electrons. The number of nitrogens with zero attached hydrogens (tertiary/aromatic N) is 1. The summed E-state index contributed by atoms with van der Waals surface area (Å²) in [4.78, 5) is 54.0. The van der Waals surface area contributed by atoms with E-state index >= 15 is 0 Å². The summed E-state index contributed by atoms with van der Waals surface area (Å²) in [5.74, 6) is -0.422. The number of rotatable bonds is 9. The Balaban J connectivity index is 1.42. The smallest absolute Gasteiger partial charge is 0.407 e. The third kappa shape index (κ3) is 8.72. The molecule has 2 saturated carbocycles. The number of hydrogen-bond donors (Lipinski definition) is 2. The molecule has 0 spiro atoms. The molecule has 44 heavy (non-hydrogen) atoms. The van der Waals surface area contributed by atoms with Crippen molar-refractivity contribution in [1.29, 1.82) is 0 Å². The lowest BCUT2D eigenvalue weighted by Crippen LogP contribution is -2.50. The Morgan fingerprint density at radius 2 is 1.61 bits per heavy atom. The van der Waals surface area contributed by atoms with Gasteiger partial charge in [0.15, 0.2) is 0 Å². The molecule has 1 saturated heterocycles. The molecule has 3 atom stereocenters. The minimum Gasteiger partial charge on any atom is -0.462 e. The molecule has 3 amide bonds. The lowest BCUT2D eigenvalue weighted by Gasteiger charge is -2.37. The summed E-state index contributed by atoms with van der Waals surface area (Å²) in [6.45, 7) is 7.18. The fraction of sp³-hybridized carbons (Fsp3) is 0.706. The molecule has 0 aromatic heterocycles. The fourth-order valence-corrected chi connectivity index (χ4v) is 7.32. The third-order valence-corrected chi connectivity index (χ3v) is 9.47. The van der Waals surface area contributed by atoms with Crippen molar-refractivity contribution >= 4 is 29.6 Å². The highest BCUT2D eigenvalue weighted by Crippen LogP contribution is 2.41. The average molecular weight is 616 g/mol. The van der Waals surface area contributed by atoms with Crippen LogP contribution >= 0.6 is 0 Å². The van der Waals surface area contributed by atoms with E-state index in [4.69, 9.17) is 9.47 Å². The predicted octanol–water partition coefficient (Wildman–Crippen LogP) is 6.27. The first-order chi connectivity index (χ1) is 21.0. The molecule has 1 aliphatic heterocycles. The number of alkyl carbamates (subject to hydrolysis) is 1. The summed E-state index contributed by atoms with van der Waals surface area (Å²) in [6, 6.07) is 5.43. The number of anilines is 1. The standard InChI is InChI=1S/C34H50FN3O6/c1-5-43-32(41)25-15-17-26(18-16-25)36-30(39)29-27(22-9-7-6-8-10-22)19-20-38(29)31(40)24-13-11-23(12-14-24)28(21-35)37-33(42)44-34(2,3)4/h15-18,22-24,27-29H,5-14,19-21H2,1-4H3,(H,36,39)(H,37,42)/t23?,24?,27-,28+,29-/m0/s1. The van der Waals surface area contributed by atoms with Crippen molar-refractivity contribution in [1.82, 2.24) is 10.2 Å². The van der Waals surface area contributed by atoms with Crippen LogP contribution in [-0.2, 0) is 19.1 Å². The molecule has 2 N–H and O–H groups in total. The number of carbonyl (C=O) groups is 4. The minimum atomic E-state index is -0.694. The van der Waals surface area contributed by atoms with Gasteiger partial charge < -0.3 is 25.0 Å². The summed E-state index contributed by atoms with van der Waals surface area (Å²) in [6.07, 6.45) is 8.23. The first kappa shape index (κ1) is 33.7. The number of alkyl halides is 1. The van der Waals surface area contributed by atoms with Crippen LogP contribution in [-0.4, -0.2) is 66.3 Å². The Hall–Kier alpha value is -3.17. The van der Waals surface area contributed by atoms with Crippen LogP contribution in [0.4, 0.5) is 14.9 Å². The number of carbonyl (C=O) groups excluding carboxylic acids is 4. The second-order valence-electron chi connectivity index (χ2n) is 13.6. The number of halogens is 1. The number of nitrogens with one attached hydrogen (secondary N) is 2. The molecule has 1 heterocycles. The largest absolute Gasteiger partial charge is 0.462 e. The van der Waals surface area contributed by atoms with Crippen molar-refractivity contribution in [2.45, 2.75) is 110 Å². The van der Waals surface area contributed by atoms with Gasteiger partial charge in [0.25, 0.3) is 0 Å². The summed E-state index contributed by atoms with van der Waals surface area (Å²) in [7, 11) is 0. The Morgan fingerprint density at radius 3 is 2.20 bits per heavy atom. The van der Waals surface area contributed by atoms with E-state index in [0.29, 0.717) is 49.4 Å². The van der Waals surface area contributed by atoms with Gasteiger partial charge in [0, 0.05) is 18.2 Å². The molecule has 0 bridgehead atoms. The van der Waals surface area contributed by atoms with E-state index in [9.17, 15) is 23.6 Å². The van der Waals surface area contributed by atoms with E-state index in [1.54, 1.807) is 56.9 Å². The number of likely N-dealkylation sites (tertiary alicyclic amines) is 1. The maximum Gasteiger partial charge on any atom is 0.407 e. The van der Waals surface area contributed by atoms with E-state index in [0.717, 1.165) is 32.1 Å². The molecule has 3 fully saturated rings. The van der Waals surface area contributed by atoms with E-state index in [1.807, 2.05) is 0 Å². The lowest BCUT2D eigenvalue weighted by atomic mass is 9.76. The summed E-state index contributed by atoms with van der Waals surface area (Å²) in [5, 5.41) is 5.71. The molecule has 244 valence electrons. The third-order valence-electron chi connectivity index (χ3n) is 9.47. The van der Waals surface area contributed by atoms with Gasteiger partial charge in [-0.2, -0.15) is 0 Å². The second-order valence-corrected chi connectivity index (χ2v) is 13.6. The number of ether oxygens (including phenoxy) is 2. The Morgan fingerprint density at radius 1 is 0.955 bits per heavy atom. The molecular formula is C34H50FN3O6. The Bertz CT molecular complexity index is 1140. The van der Waals surface area contributed by atoms with Crippen LogP contribution in [0.5, 0.6) is 0 Å². The monoisotopic (exact) mass is 615 g/mol. The highest BCUT2D eigenvalue weighted by Gasteiger charge is 2.47. The van der Waals surface area contributed by atoms with Crippen LogP contribution in [0.1, 0.15) is 102 Å². The fourth-order valence-electron chi connectivity index (χ4n) is 7.32. The molecule has 2 aliphatic carbocycles. The first-order valence-corrected chi connectivity index (χ1v) is 16.4. The average Bonchev–Trinajstić information content (AvgIpc) is 3.45. The van der Waals surface area contributed by atoms with E-state index in [1.165, 1.54) is 6.42 Å².